The van der Waals surface area contributed by atoms with Crippen LogP contribution in [0.15, 0.2) is 23.2 Å². The number of para-hydroxylation sites is 1. The second-order valence-electron chi connectivity index (χ2n) is 5.66. The molecule has 1 amide bonds. The summed E-state index contributed by atoms with van der Waals surface area (Å²) >= 11 is 1.28. The standard InChI is InChI=1S/C18H20N4OS/c1-10-7-6-8-11(2)16(10)22-17(23)13(4)24-18-15(9-19)12(3)20-14(5)21-18/h6-8,13H,1-5H3,(H,22,23)/t13-/m1/s1. The highest BCUT2D eigenvalue weighted by Gasteiger charge is 2.20. The minimum absolute atomic E-state index is 0.116. The Kier molecular flexibility index (Phi) is 5.58. The normalized spacial score (nSPS) is 11.7. The first-order chi connectivity index (χ1) is 11.3. The van der Waals surface area contributed by atoms with E-state index in [1.54, 1.807) is 13.8 Å². The molecule has 1 N–H and O–H groups in total. The number of anilines is 1. The van der Waals surface area contributed by atoms with Gasteiger partial charge in [0.15, 0.2) is 0 Å². The van der Waals surface area contributed by atoms with Gasteiger partial charge >= 0.3 is 0 Å². The average molecular weight is 340 g/mol. The van der Waals surface area contributed by atoms with Gasteiger partial charge in [-0.2, -0.15) is 5.26 Å². The Morgan fingerprint density at radius 1 is 1.21 bits per heavy atom. The summed E-state index contributed by atoms with van der Waals surface area (Å²) in [5, 5.41) is 12.4. The van der Waals surface area contributed by atoms with Crippen molar-refractivity contribution in [1.82, 2.24) is 9.97 Å². The van der Waals surface area contributed by atoms with Crippen LogP contribution in [-0.4, -0.2) is 21.1 Å². The predicted molar refractivity (Wildman–Crippen MR) is 96.1 cm³/mol. The number of hydrogen-bond acceptors (Lipinski definition) is 5. The zero-order chi connectivity index (χ0) is 17.9. The van der Waals surface area contributed by atoms with Crippen LogP contribution < -0.4 is 5.32 Å². The summed E-state index contributed by atoms with van der Waals surface area (Å²) in [5.74, 6) is 0.478. The third-order valence-electron chi connectivity index (χ3n) is 3.67. The summed E-state index contributed by atoms with van der Waals surface area (Å²) in [6.07, 6.45) is 0. The minimum atomic E-state index is -0.384. The molecule has 1 aromatic carbocycles. The van der Waals surface area contributed by atoms with E-state index in [9.17, 15) is 10.1 Å². The van der Waals surface area contributed by atoms with Crippen molar-refractivity contribution in [3.63, 3.8) is 0 Å². The highest BCUT2D eigenvalue weighted by molar-refractivity contribution is 8.00. The number of nitrogens with one attached hydrogen (secondary N) is 1. The molecule has 0 aliphatic carbocycles. The lowest BCUT2D eigenvalue weighted by molar-refractivity contribution is -0.115. The van der Waals surface area contributed by atoms with Crippen LogP contribution in [0.3, 0.4) is 0 Å². The van der Waals surface area contributed by atoms with Crippen molar-refractivity contribution in [2.24, 2.45) is 0 Å². The quantitative estimate of drug-likeness (QED) is 0.678. The largest absolute Gasteiger partial charge is 0.325 e. The van der Waals surface area contributed by atoms with Crippen molar-refractivity contribution in [1.29, 1.82) is 5.26 Å². The fourth-order valence-corrected chi connectivity index (χ4v) is 3.35. The Morgan fingerprint density at radius 3 is 2.42 bits per heavy atom. The van der Waals surface area contributed by atoms with Crippen LogP contribution in [0, 0.1) is 39.0 Å². The van der Waals surface area contributed by atoms with E-state index in [4.69, 9.17) is 0 Å². The van der Waals surface area contributed by atoms with Crippen LogP contribution in [0.25, 0.3) is 0 Å². The molecular formula is C18H20N4OS. The summed E-state index contributed by atoms with van der Waals surface area (Å²) in [5.41, 5.74) is 3.94. The molecule has 2 rings (SSSR count). The lowest BCUT2D eigenvalue weighted by Gasteiger charge is -2.16. The van der Waals surface area contributed by atoms with Crippen molar-refractivity contribution in [3.8, 4) is 6.07 Å². The number of carbonyl (C=O) groups excluding carboxylic acids is 1. The Morgan fingerprint density at radius 2 is 1.83 bits per heavy atom. The lowest BCUT2D eigenvalue weighted by Crippen LogP contribution is -2.23. The Labute approximate surface area is 146 Å². The van der Waals surface area contributed by atoms with Gasteiger partial charge in [0.1, 0.15) is 22.5 Å². The van der Waals surface area contributed by atoms with E-state index in [0.717, 1.165) is 16.8 Å². The summed E-state index contributed by atoms with van der Waals surface area (Å²) in [6.45, 7) is 9.29. The van der Waals surface area contributed by atoms with Gasteiger partial charge < -0.3 is 5.32 Å². The molecule has 5 nitrogen and oxygen atoms in total. The maximum atomic E-state index is 12.5. The molecule has 0 spiro atoms. The van der Waals surface area contributed by atoms with Gasteiger partial charge in [0.05, 0.1) is 10.9 Å². The smallest absolute Gasteiger partial charge is 0.237 e. The summed E-state index contributed by atoms with van der Waals surface area (Å²) in [6, 6.07) is 8.02. The molecule has 0 fully saturated rings. The van der Waals surface area contributed by atoms with E-state index >= 15 is 0 Å². The molecule has 1 atom stereocenters. The summed E-state index contributed by atoms with van der Waals surface area (Å²) in [4.78, 5) is 21.1. The number of aryl methyl sites for hydroxylation is 4. The van der Waals surface area contributed by atoms with E-state index in [1.807, 2.05) is 39.0 Å². The molecule has 2 aromatic rings. The molecule has 0 unspecified atom stereocenters. The molecule has 1 aromatic heterocycles. The Balaban J connectivity index is 2.20. The molecule has 0 saturated heterocycles. The second kappa shape index (κ2) is 7.45. The number of thioether (sulfide) groups is 1. The SMILES string of the molecule is Cc1nc(C)c(C#N)c(S[C@H](C)C(=O)Nc2c(C)cccc2C)n1. The number of carbonyl (C=O) groups is 1. The maximum absolute atomic E-state index is 12.5. The molecule has 124 valence electrons. The second-order valence-corrected chi connectivity index (χ2v) is 6.99. The number of nitrogens with zero attached hydrogens (tertiary/aromatic N) is 3. The van der Waals surface area contributed by atoms with E-state index in [2.05, 4.69) is 21.4 Å². The molecule has 0 saturated carbocycles. The van der Waals surface area contributed by atoms with Gasteiger partial charge in [-0.25, -0.2) is 9.97 Å². The third-order valence-corrected chi connectivity index (χ3v) is 4.75. The van der Waals surface area contributed by atoms with Crippen molar-refractivity contribution in [2.45, 2.75) is 44.9 Å². The van der Waals surface area contributed by atoms with Crippen molar-refractivity contribution >= 4 is 23.4 Å². The number of nitriles is 1. The first-order valence-electron chi connectivity index (χ1n) is 7.62. The van der Waals surface area contributed by atoms with E-state index in [-0.39, 0.29) is 11.2 Å². The summed E-state index contributed by atoms with van der Waals surface area (Å²) < 4.78 is 0. The molecular weight excluding hydrogens is 320 g/mol. The fourth-order valence-electron chi connectivity index (χ4n) is 2.35. The number of hydrogen-bond donors (Lipinski definition) is 1. The first-order valence-corrected chi connectivity index (χ1v) is 8.50. The topological polar surface area (TPSA) is 78.7 Å². The Bertz CT molecular complexity index is 806. The van der Waals surface area contributed by atoms with Gasteiger partial charge in [-0.05, 0) is 45.7 Å². The fraction of sp³-hybridized carbons (Fsp3) is 0.333. The van der Waals surface area contributed by atoms with Crippen LogP contribution in [0.2, 0.25) is 0 Å². The number of rotatable bonds is 4. The monoisotopic (exact) mass is 340 g/mol. The maximum Gasteiger partial charge on any atom is 0.237 e. The number of benzene rings is 1. The van der Waals surface area contributed by atoms with E-state index < -0.39 is 0 Å². The first kappa shape index (κ1) is 18.0. The van der Waals surface area contributed by atoms with Crippen LogP contribution >= 0.6 is 11.8 Å². The zero-order valence-corrected chi connectivity index (χ0v) is 15.3. The third kappa shape index (κ3) is 3.92. The van der Waals surface area contributed by atoms with Gasteiger partial charge in [-0.1, -0.05) is 30.0 Å². The van der Waals surface area contributed by atoms with Crippen LogP contribution in [0.5, 0.6) is 0 Å². The predicted octanol–water partition coefficient (Wildman–Crippen LogP) is 3.70. The molecule has 0 aliphatic heterocycles. The van der Waals surface area contributed by atoms with Gasteiger partial charge in [0, 0.05) is 5.69 Å². The molecule has 0 bridgehead atoms. The molecule has 1 heterocycles. The highest BCUT2D eigenvalue weighted by atomic mass is 32.2. The van der Waals surface area contributed by atoms with Gasteiger partial charge in [0.2, 0.25) is 5.91 Å². The minimum Gasteiger partial charge on any atom is -0.325 e. The highest BCUT2D eigenvalue weighted by Crippen LogP contribution is 2.28. The molecule has 0 radical (unpaired) electrons. The lowest BCUT2D eigenvalue weighted by atomic mass is 10.1. The van der Waals surface area contributed by atoms with E-state index in [1.165, 1.54) is 11.8 Å². The average Bonchev–Trinajstić information content (AvgIpc) is 2.50. The van der Waals surface area contributed by atoms with Gasteiger partial charge in [-0.15, -0.1) is 0 Å². The summed E-state index contributed by atoms with van der Waals surface area (Å²) in [7, 11) is 0. The zero-order valence-electron chi connectivity index (χ0n) is 14.5. The van der Waals surface area contributed by atoms with Crippen molar-refractivity contribution in [2.75, 3.05) is 5.32 Å². The van der Waals surface area contributed by atoms with Gasteiger partial charge in [-0.3, -0.25) is 4.79 Å². The van der Waals surface area contributed by atoms with E-state index in [0.29, 0.717) is 22.1 Å². The van der Waals surface area contributed by atoms with Crippen molar-refractivity contribution < 1.29 is 4.79 Å². The number of amides is 1. The van der Waals surface area contributed by atoms with Crippen LogP contribution in [0.1, 0.15) is 35.1 Å². The van der Waals surface area contributed by atoms with Crippen molar-refractivity contribution in [3.05, 3.63) is 46.4 Å². The van der Waals surface area contributed by atoms with Crippen LogP contribution in [0.4, 0.5) is 5.69 Å². The number of aromatic nitrogens is 2. The Hall–Kier alpha value is -2.39. The molecule has 0 aliphatic rings. The molecule has 6 heteroatoms. The van der Waals surface area contributed by atoms with Crippen LogP contribution in [-0.2, 0) is 4.79 Å². The molecule has 24 heavy (non-hydrogen) atoms. The van der Waals surface area contributed by atoms with Gasteiger partial charge in [0.25, 0.3) is 0 Å².